The van der Waals surface area contributed by atoms with Crippen molar-refractivity contribution in [1.29, 1.82) is 0 Å². The van der Waals surface area contributed by atoms with Crippen LogP contribution in [0.4, 0.5) is 0 Å². The van der Waals surface area contributed by atoms with E-state index in [0.717, 1.165) is 5.92 Å². The largest absolute Gasteiger partial charge is 0.116 e. The zero-order chi connectivity index (χ0) is 12.1. The minimum absolute atomic E-state index is 0.461. The Morgan fingerprint density at radius 3 is 2.47 bits per heavy atom. The van der Waals surface area contributed by atoms with Gasteiger partial charge in [-0.2, -0.15) is 0 Å². The standard InChI is InChI=1S/C17H23/c1-16(2)14-9-10-17(3,12-14)15(16)11-13-7-5-4-6-8-13/h4-8,14H,9-12H2,1-3H3/q+1. The Balaban J connectivity index is 1.88. The predicted octanol–water partition coefficient (Wildman–Crippen LogP) is 4.65. The van der Waals surface area contributed by atoms with E-state index in [9.17, 15) is 0 Å². The maximum absolute atomic E-state index is 2.50. The van der Waals surface area contributed by atoms with Crippen LogP contribution in [0.3, 0.4) is 0 Å². The van der Waals surface area contributed by atoms with Crippen LogP contribution in [0, 0.1) is 22.7 Å². The predicted molar refractivity (Wildman–Crippen MR) is 72.6 cm³/mol. The zero-order valence-electron chi connectivity index (χ0n) is 11.3. The minimum atomic E-state index is 0.461. The van der Waals surface area contributed by atoms with Gasteiger partial charge in [-0.05, 0) is 39.2 Å². The Labute approximate surface area is 105 Å². The minimum Gasteiger partial charge on any atom is -0.0622 e. The molecule has 1 aromatic rings. The van der Waals surface area contributed by atoms with Crippen LogP contribution in [0.5, 0.6) is 0 Å². The van der Waals surface area contributed by atoms with Crippen LogP contribution >= 0.6 is 0 Å². The maximum atomic E-state index is 2.50. The van der Waals surface area contributed by atoms with E-state index in [1.807, 2.05) is 5.92 Å². The summed E-state index contributed by atoms with van der Waals surface area (Å²) in [6, 6.07) is 11.0. The van der Waals surface area contributed by atoms with Crippen molar-refractivity contribution < 1.29 is 0 Å². The Morgan fingerprint density at radius 2 is 1.88 bits per heavy atom. The van der Waals surface area contributed by atoms with E-state index < -0.39 is 0 Å². The van der Waals surface area contributed by atoms with Crippen LogP contribution in [0.25, 0.3) is 0 Å². The van der Waals surface area contributed by atoms with Crippen molar-refractivity contribution in [3.8, 4) is 0 Å². The summed E-state index contributed by atoms with van der Waals surface area (Å²) in [5.74, 6) is 2.75. The lowest BCUT2D eigenvalue weighted by Crippen LogP contribution is -2.34. The smallest absolute Gasteiger partial charge is 0.0622 e. The summed E-state index contributed by atoms with van der Waals surface area (Å²) in [5, 5.41) is 0. The molecule has 0 spiro atoms. The highest BCUT2D eigenvalue weighted by Gasteiger charge is 2.68. The Morgan fingerprint density at radius 1 is 1.18 bits per heavy atom. The molecule has 2 fully saturated rings. The van der Waals surface area contributed by atoms with Gasteiger partial charge in [0.2, 0.25) is 0 Å². The van der Waals surface area contributed by atoms with Crippen LogP contribution in [0.2, 0.25) is 0 Å². The fourth-order valence-electron chi connectivity index (χ4n) is 4.40. The molecule has 3 rings (SSSR count). The monoisotopic (exact) mass is 227 g/mol. The fraction of sp³-hybridized carbons (Fsp3) is 0.588. The summed E-state index contributed by atoms with van der Waals surface area (Å²) in [6.07, 6.45) is 5.49. The van der Waals surface area contributed by atoms with E-state index in [4.69, 9.17) is 0 Å². The van der Waals surface area contributed by atoms with Crippen LogP contribution in [0.15, 0.2) is 30.3 Å². The highest BCUT2D eigenvalue weighted by molar-refractivity contribution is 5.30. The lowest BCUT2D eigenvalue weighted by atomic mass is 9.62. The molecule has 0 heteroatoms. The summed E-state index contributed by atoms with van der Waals surface area (Å²) in [4.78, 5) is 0. The molecule has 2 saturated carbocycles. The third-order valence-corrected chi connectivity index (χ3v) is 5.49. The SMILES string of the molecule is CC12CCC(C1)C(C)(C)[C+]2Cc1ccccc1. The molecule has 0 N–H and O–H groups in total. The van der Waals surface area contributed by atoms with Crippen molar-refractivity contribution in [1.82, 2.24) is 0 Å². The first kappa shape index (κ1) is 11.2. The average molecular weight is 227 g/mol. The quantitative estimate of drug-likeness (QED) is 0.645. The number of hydrogen-bond acceptors (Lipinski definition) is 0. The van der Waals surface area contributed by atoms with E-state index in [1.165, 1.54) is 31.2 Å². The highest BCUT2D eigenvalue weighted by Crippen LogP contribution is 2.67. The van der Waals surface area contributed by atoms with Gasteiger partial charge in [0.25, 0.3) is 0 Å². The van der Waals surface area contributed by atoms with Gasteiger partial charge < -0.3 is 0 Å². The zero-order valence-corrected chi connectivity index (χ0v) is 11.3. The molecule has 0 saturated heterocycles. The van der Waals surface area contributed by atoms with Gasteiger partial charge in [-0.1, -0.05) is 30.3 Å². The topological polar surface area (TPSA) is 0 Å². The van der Waals surface area contributed by atoms with Crippen molar-refractivity contribution in [2.24, 2.45) is 16.7 Å². The second-order valence-electron chi connectivity index (χ2n) is 6.86. The first-order chi connectivity index (χ1) is 8.02. The number of fused-ring (bicyclic) bond motifs is 2. The van der Waals surface area contributed by atoms with Gasteiger partial charge in [0.1, 0.15) is 23.2 Å². The summed E-state index contributed by atoms with van der Waals surface area (Å²) in [7, 11) is 0. The molecule has 0 amide bonds. The van der Waals surface area contributed by atoms with E-state index in [-0.39, 0.29) is 0 Å². The summed E-state index contributed by atoms with van der Waals surface area (Å²) < 4.78 is 0. The highest BCUT2D eigenvalue weighted by atomic mass is 14.6. The molecule has 2 aliphatic carbocycles. The van der Waals surface area contributed by atoms with Gasteiger partial charge in [-0.15, -0.1) is 0 Å². The van der Waals surface area contributed by atoms with Crippen molar-refractivity contribution in [3.05, 3.63) is 41.8 Å². The van der Waals surface area contributed by atoms with E-state index in [1.54, 1.807) is 0 Å². The Hall–Kier alpha value is -0.910. The van der Waals surface area contributed by atoms with Gasteiger partial charge in [-0.3, -0.25) is 0 Å². The van der Waals surface area contributed by atoms with Crippen LogP contribution < -0.4 is 0 Å². The molecular formula is C17H23+. The summed E-state index contributed by atoms with van der Waals surface area (Å²) in [5.41, 5.74) is 2.48. The molecule has 2 bridgehead atoms. The second-order valence-corrected chi connectivity index (χ2v) is 6.86. The first-order valence-corrected chi connectivity index (χ1v) is 6.93. The van der Waals surface area contributed by atoms with Crippen molar-refractivity contribution in [2.45, 2.75) is 46.5 Å². The van der Waals surface area contributed by atoms with Crippen molar-refractivity contribution >= 4 is 0 Å². The molecule has 0 aliphatic heterocycles. The maximum Gasteiger partial charge on any atom is 0.116 e. The van der Waals surface area contributed by atoms with Gasteiger partial charge in [0.05, 0.1) is 0 Å². The van der Waals surface area contributed by atoms with Gasteiger partial charge in [-0.25, -0.2) is 0 Å². The van der Waals surface area contributed by atoms with Gasteiger partial charge >= 0.3 is 0 Å². The third-order valence-electron chi connectivity index (χ3n) is 5.49. The van der Waals surface area contributed by atoms with E-state index in [2.05, 4.69) is 51.1 Å². The normalized spacial score (nSPS) is 34.3. The lowest BCUT2D eigenvalue weighted by molar-refractivity contribution is 0.213. The fourth-order valence-corrected chi connectivity index (χ4v) is 4.40. The van der Waals surface area contributed by atoms with Crippen LogP contribution in [-0.2, 0) is 6.42 Å². The lowest BCUT2D eigenvalue weighted by Gasteiger charge is -2.33. The number of hydrogen-bond donors (Lipinski definition) is 0. The summed E-state index contributed by atoms with van der Waals surface area (Å²) >= 11 is 0. The number of benzene rings is 1. The van der Waals surface area contributed by atoms with Crippen molar-refractivity contribution in [3.63, 3.8) is 0 Å². The Bertz CT molecular complexity index is 399. The Kier molecular flexibility index (Phi) is 2.33. The summed E-state index contributed by atoms with van der Waals surface area (Å²) in [6.45, 7) is 7.45. The molecule has 90 valence electrons. The second kappa shape index (κ2) is 3.54. The molecule has 0 aromatic heterocycles. The van der Waals surface area contributed by atoms with Crippen LogP contribution in [-0.4, -0.2) is 0 Å². The van der Waals surface area contributed by atoms with Gasteiger partial charge in [0.15, 0.2) is 0 Å². The molecule has 0 nitrogen and oxygen atoms in total. The molecule has 2 aliphatic rings. The number of rotatable bonds is 2. The van der Waals surface area contributed by atoms with Crippen LogP contribution in [0.1, 0.15) is 45.6 Å². The molecule has 2 unspecified atom stereocenters. The molecule has 0 heterocycles. The van der Waals surface area contributed by atoms with Gasteiger partial charge in [0, 0.05) is 12.3 Å². The average Bonchev–Trinajstić information content (AvgIpc) is 2.77. The van der Waals surface area contributed by atoms with Crippen molar-refractivity contribution in [2.75, 3.05) is 0 Å². The first-order valence-electron chi connectivity index (χ1n) is 6.93. The molecule has 0 radical (unpaired) electrons. The molecule has 1 aromatic carbocycles. The molecule has 2 atom stereocenters. The molecule has 17 heavy (non-hydrogen) atoms. The van der Waals surface area contributed by atoms with E-state index >= 15 is 0 Å². The van der Waals surface area contributed by atoms with E-state index in [0.29, 0.717) is 10.8 Å². The third kappa shape index (κ3) is 1.61. The molecular weight excluding hydrogens is 204 g/mol.